The van der Waals surface area contributed by atoms with E-state index < -0.39 is 22.5 Å². The monoisotopic (exact) mass is 306 g/mol. The molecule has 4 nitrogen and oxygen atoms in total. The molecule has 1 amide bonds. The third-order valence-electron chi connectivity index (χ3n) is 2.89. The van der Waals surface area contributed by atoms with Crippen molar-refractivity contribution in [2.24, 2.45) is 0 Å². The van der Waals surface area contributed by atoms with Crippen molar-refractivity contribution in [1.82, 2.24) is 0 Å². The van der Waals surface area contributed by atoms with E-state index in [1.54, 1.807) is 12.1 Å². The lowest BCUT2D eigenvalue weighted by atomic mass is 10.2. The molecule has 0 aliphatic rings. The molecule has 0 saturated carbocycles. The van der Waals surface area contributed by atoms with Gasteiger partial charge < -0.3 is 11.1 Å². The van der Waals surface area contributed by atoms with Crippen LogP contribution >= 0.6 is 0 Å². The highest BCUT2D eigenvalue weighted by molar-refractivity contribution is 7.85. The topological polar surface area (TPSA) is 72.2 Å². The third-order valence-corrected chi connectivity index (χ3v) is 4.36. The molecule has 0 aliphatic carbocycles. The molecule has 1 unspecified atom stereocenters. The maximum absolute atomic E-state index is 12.9. The van der Waals surface area contributed by atoms with Crippen molar-refractivity contribution in [1.29, 1.82) is 0 Å². The normalized spacial score (nSPS) is 11.9. The second-order valence-electron chi connectivity index (χ2n) is 4.54. The Hall–Kier alpha value is -2.21. The summed E-state index contributed by atoms with van der Waals surface area (Å²) in [4.78, 5) is 12.5. The van der Waals surface area contributed by atoms with Crippen LogP contribution in [0, 0.1) is 12.7 Å². The van der Waals surface area contributed by atoms with Gasteiger partial charge in [0.2, 0.25) is 5.91 Å². The zero-order valence-corrected chi connectivity index (χ0v) is 12.2. The number of nitrogen functional groups attached to an aromatic ring is 1. The molecule has 0 bridgehead atoms. The summed E-state index contributed by atoms with van der Waals surface area (Å²) >= 11 is 0. The van der Waals surface area contributed by atoms with Crippen LogP contribution in [-0.4, -0.2) is 15.9 Å². The van der Waals surface area contributed by atoms with E-state index >= 15 is 0 Å². The number of anilines is 2. The molecule has 6 heteroatoms. The maximum atomic E-state index is 12.9. The summed E-state index contributed by atoms with van der Waals surface area (Å²) in [5.74, 6) is -1.09. The Labute approximate surface area is 124 Å². The number of hydrogen-bond acceptors (Lipinski definition) is 3. The molecule has 110 valence electrons. The first kappa shape index (κ1) is 15.2. The molecule has 0 heterocycles. The molecular formula is C15H15FN2O2S. The zero-order valence-electron chi connectivity index (χ0n) is 11.4. The lowest BCUT2D eigenvalue weighted by molar-refractivity contribution is -0.113. The number of rotatable bonds is 4. The highest BCUT2D eigenvalue weighted by Crippen LogP contribution is 2.19. The van der Waals surface area contributed by atoms with Crippen LogP contribution in [0.5, 0.6) is 0 Å². The van der Waals surface area contributed by atoms with Crippen LogP contribution in [0.4, 0.5) is 15.8 Å². The van der Waals surface area contributed by atoms with Gasteiger partial charge in [-0.2, -0.15) is 0 Å². The van der Waals surface area contributed by atoms with E-state index in [-0.39, 0.29) is 11.4 Å². The number of benzene rings is 2. The number of hydrogen-bond donors (Lipinski definition) is 2. The average Bonchev–Trinajstić information content (AvgIpc) is 2.42. The Morgan fingerprint density at radius 1 is 1.29 bits per heavy atom. The highest BCUT2D eigenvalue weighted by atomic mass is 32.2. The fourth-order valence-corrected chi connectivity index (χ4v) is 2.97. The van der Waals surface area contributed by atoms with Gasteiger partial charge >= 0.3 is 0 Å². The third kappa shape index (κ3) is 3.88. The average molecular weight is 306 g/mol. The second-order valence-corrected chi connectivity index (χ2v) is 5.95. The minimum atomic E-state index is -1.44. The van der Waals surface area contributed by atoms with E-state index in [0.717, 1.165) is 11.6 Å². The van der Waals surface area contributed by atoms with Gasteiger partial charge in [0, 0.05) is 4.90 Å². The molecule has 21 heavy (non-hydrogen) atoms. The van der Waals surface area contributed by atoms with E-state index in [1.807, 2.05) is 19.1 Å². The standard InChI is InChI=1S/C15H15FN2O2S/c1-10-4-2-3-5-14(10)21(20)9-15(19)18-13-7-6-11(16)8-12(13)17/h2-8H,9,17H2,1H3,(H,18,19). The van der Waals surface area contributed by atoms with Crippen molar-refractivity contribution in [3.8, 4) is 0 Å². The van der Waals surface area contributed by atoms with E-state index in [0.29, 0.717) is 10.6 Å². The lowest BCUT2D eigenvalue weighted by Gasteiger charge is -2.09. The van der Waals surface area contributed by atoms with Gasteiger partial charge in [0.1, 0.15) is 11.6 Å². The number of amides is 1. The Morgan fingerprint density at radius 2 is 2.00 bits per heavy atom. The fourth-order valence-electron chi connectivity index (χ4n) is 1.84. The summed E-state index contributed by atoms with van der Waals surface area (Å²) in [5.41, 5.74) is 6.91. The molecule has 0 aromatic heterocycles. The van der Waals surface area contributed by atoms with Gasteiger partial charge in [0.15, 0.2) is 0 Å². The number of nitrogens with one attached hydrogen (secondary N) is 1. The summed E-state index contributed by atoms with van der Waals surface area (Å²) in [6.45, 7) is 1.84. The van der Waals surface area contributed by atoms with E-state index in [4.69, 9.17) is 5.73 Å². The summed E-state index contributed by atoms with van der Waals surface area (Å²) in [6, 6.07) is 10.9. The van der Waals surface area contributed by atoms with Crippen LogP contribution < -0.4 is 11.1 Å². The summed E-state index contributed by atoms with van der Waals surface area (Å²) < 4.78 is 25.1. The van der Waals surface area contributed by atoms with Gasteiger partial charge in [0.25, 0.3) is 0 Å². The first-order valence-corrected chi connectivity index (χ1v) is 7.58. The van der Waals surface area contributed by atoms with Crippen molar-refractivity contribution < 1.29 is 13.4 Å². The quantitative estimate of drug-likeness (QED) is 0.852. The Morgan fingerprint density at radius 3 is 2.67 bits per heavy atom. The predicted octanol–water partition coefficient (Wildman–Crippen LogP) is 2.46. The lowest BCUT2D eigenvalue weighted by Crippen LogP contribution is -2.20. The van der Waals surface area contributed by atoms with Gasteiger partial charge in [-0.25, -0.2) is 4.39 Å². The minimum Gasteiger partial charge on any atom is -0.397 e. The van der Waals surface area contributed by atoms with Crippen LogP contribution in [0.15, 0.2) is 47.4 Å². The molecule has 0 saturated heterocycles. The largest absolute Gasteiger partial charge is 0.397 e. The van der Waals surface area contributed by atoms with Crippen LogP contribution in [0.25, 0.3) is 0 Å². The van der Waals surface area contributed by atoms with Crippen molar-refractivity contribution >= 4 is 28.1 Å². The van der Waals surface area contributed by atoms with Crippen LogP contribution in [0.1, 0.15) is 5.56 Å². The number of carbonyl (C=O) groups excluding carboxylic acids is 1. The van der Waals surface area contributed by atoms with Gasteiger partial charge in [-0.3, -0.25) is 9.00 Å². The van der Waals surface area contributed by atoms with Crippen molar-refractivity contribution in [3.05, 3.63) is 53.8 Å². The fraction of sp³-hybridized carbons (Fsp3) is 0.133. The van der Waals surface area contributed by atoms with Crippen molar-refractivity contribution in [3.63, 3.8) is 0 Å². The second kappa shape index (κ2) is 6.49. The SMILES string of the molecule is Cc1ccccc1S(=O)CC(=O)Nc1ccc(F)cc1N. The minimum absolute atomic E-state index is 0.130. The van der Waals surface area contributed by atoms with Crippen molar-refractivity contribution in [2.75, 3.05) is 16.8 Å². The maximum Gasteiger partial charge on any atom is 0.237 e. The van der Waals surface area contributed by atoms with E-state index in [1.165, 1.54) is 12.1 Å². The Balaban J connectivity index is 2.05. The van der Waals surface area contributed by atoms with Gasteiger partial charge in [-0.05, 0) is 36.8 Å². The summed E-state index contributed by atoms with van der Waals surface area (Å²) in [7, 11) is -1.44. The zero-order chi connectivity index (χ0) is 15.4. The van der Waals surface area contributed by atoms with Gasteiger partial charge in [-0.15, -0.1) is 0 Å². The van der Waals surface area contributed by atoms with E-state index in [2.05, 4.69) is 5.32 Å². The van der Waals surface area contributed by atoms with Crippen LogP contribution in [-0.2, 0) is 15.6 Å². The predicted molar refractivity (Wildman–Crippen MR) is 81.9 cm³/mol. The molecule has 2 aromatic rings. The summed E-state index contributed by atoms with van der Waals surface area (Å²) in [5, 5.41) is 2.53. The number of carbonyl (C=O) groups is 1. The molecule has 1 atom stereocenters. The molecule has 2 aromatic carbocycles. The summed E-state index contributed by atoms with van der Waals surface area (Å²) in [6.07, 6.45) is 0. The van der Waals surface area contributed by atoms with E-state index in [9.17, 15) is 13.4 Å². The van der Waals surface area contributed by atoms with Gasteiger partial charge in [-0.1, -0.05) is 18.2 Å². The van der Waals surface area contributed by atoms with Crippen molar-refractivity contribution in [2.45, 2.75) is 11.8 Å². The molecule has 0 radical (unpaired) electrons. The number of aryl methyl sites for hydroxylation is 1. The first-order valence-electron chi connectivity index (χ1n) is 6.26. The van der Waals surface area contributed by atoms with Crippen LogP contribution in [0.2, 0.25) is 0 Å². The molecule has 2 rings (SSSR count). The van der Waals surface area contributed by atoms with Gasteiger partial charge in [0.05, 0.1) is 22.2 Å². The van der Waals surface area contributed by atoms with Crippen LogP contribution in [0.3, 0.4) is 0 Å². The molecule has 0 fully saturated rings. The molecule has 0 spiro atoms. The number of nitrogens with two attached hydrogens (primary N) is 1. The Kier molecular flexibility index (Phi) is 4.70. The smallest absolute Gasteiger partial charge is 0.237 e. The number of halogens is 1. The molecule has 0 aliphatic heterocycles. The Bertz CT molecular complexity index is 704. The molecular weight excluding hydrogens is 291 g/mol. The highest BCUT2D eigenvalue weighted by Gasteiger charge is 2.13. The first-order chi connectivity index (χ1) is 9.97. The molecule has 3 N–H and O–H groups in total.